The molecule has 2 heterocycles. The largest absolute Gasteiger partial charge is 0.268 e. The van der Waals surface area contributed by atoms with E-state index in [-0.39, 0.29) is 15.9 Å². The second kappa shape index (κ2) is 4.68. The number of fused-ring (bicyclic) bond motifs is 1. The molecule has 5 nitrogen and oxygen atoms in total. The van der Waals surface area contributed by atoms with Gasteiger partial charge in [-0.25, -0.2) is 13.8 Å². The minimum absolute atomic E-state index is 0.159. The van der Waals surface area contributed by atoms with Crippen LogP contribution in [0.1, 0.15) is 12.0 Å². The van der Waals surface area contributed by atoms with Gasteiger partial charge in [-0.3, -0.25) is 14.5 Å². The summed E-state index contributed by atoms with van der Waals surface area (Å²) in [6, 6.07) is 4.27. The first kappa shape index (κ1) is 12.7. The Labute approximate surface area is 115 Å². The average molecular weight is 297 g/mol. The van der Waals surface area contributed by atoms with Gasteiger partial charge in [0.1, 0.15) is 12.1 Å². The zero-order valence-electron chi connectivity index (χ0n) is 9.85. The average Bonchev–Trinajstić information content (AvgIpc) is 2.93. The molecule has 2 aromatic heterocycles. The number of hydrogen-bond donors (Lipinski definition) is 1. The number of nitrogens with zero attached hydrogens (tertiary/aromatic N) is 3. The van der Waals surface area contributed by atoms with E-state index in [2.05, 4.69) is 15.2 Å². The molecule has 0 fully saturated rings. The van der Waals surface area contributed by atoms with Crippen LogP contribution in [-0.2, 0) is 0 Å². The van der Waals surface area contributed by atoms with Gasteiger partial charge in [-0.05, 0) is 12.1 Å². The molecule has 102 valence electrons. The number of halogens is 3. The number of H-pyrrole nitrogens is 1. The predicted molar refractivity (Wildman–Crippen MR) is 69.5 cm³/mol. The number of hydrogen-bond acceptors (Lipinski definition) is 3. The molecule has 20 heavy (non-hydrogen) atoms. The number of benzene rings is 1. The topological polar surface area (TPSA) is 63.6 Å². The summed E-state index contributed by atoms with van der Waals surface area (Å²) in [5.41, 5.74) is -0.960. The highest BCUT2D eigenvalue weighted by Gasteiger charge is 2.20. The standard InChI is InChI=1S/C12H7ClF2N4O/c13-6-1-2-7-10(9(6)11(14)15)12(20)19(5-16-7)8-3-4-17-18-8/h1-5,11H,(H,17,18). The predicted octanol–water partition coefficient (Wildman–Crippen LogP) is 2.70. The lowest BCUT2D eigenvalue weighted by atomic mass is 10.1. The lowest BCUT2D eigenvalue weighted by Crippen LogP contribution is -2.20. The van der Waals surface area contributed by atoms with Gasteiger partial charge in [0, 0.05) is 6.07 Å². The minimum Gasteiger partial charge on any atom is -0.268 e. The number of rotatable bonds is 2. The van der Waals surface area contributed by atoms with Crippen molar-refractivity contribution in [1.29, 1.82) is 0 Å². The molecule has 0 radical (unpaired) electrons. The van der Waals surface area contributed by atoms with Crippen molar-refractivity contribution in [3.05, 3.63) is 51.7 Å². The van der Waals surface area contributed by atoms with Crippen LogP contribution < -0.4 is 5.56 Å². The Balaban J connectivity index is 2.42. The van der Waals surface area contributed by atoms with Crippen LogP contribution in [0.3, 0.4) is 0 Å². The molecule has 0 saturated heterocycles. The fourth-order valence-corrected chi connectivity index (χ4v) is 2.22. The van der Waals surface area contributed by atoms with Crippen molar-refractivity contribution in [3.63, 3.8) is 0 Å². The van der Waals surface area contributed by atoms with E-state index in [4.69, 9.17) is 11.6 Å². The van der Waals surface area contributed by atoms with Gasteiger partial charge >= 0.3 is 0 Å². The first-order valence-corrected chi connectivity index (χ1v) is 5.95. The lowest BCUT2D eigenvalue weighted by molar-refractivity contribution is 0.153. The van der Waals surface area contributed by atoms with Gasteiger partial charge in [-0.2, -0.15) is 5.10 Å². The molecule has 8 heteroatoms. The summed E-state index contributed by atoms with van der Waals surface area (Å²) < 4.78 is 27.4. The van der Waals surface area contributed by atoms with Gasteiger partial charge in [-0.1, -0.05) is 11.6 Å². The zero-order chi connectivity index (χ0) is 14.3. The zero-order valence-corrected chi connectivity index (χ0v) is 10.6. The van der Waals surface area contributed by atoms with E-state index < -0.39 is 17.5 Å². The van der Waals surface area contributed by atoms with E-state index in [0.29, 0.717) is 5.82 Å². The van der Waals surface area contributed by atoms with Crippen LogP contribution in [0.15, 0.2) is 35.5 Å². The van der Waals surface area contributed by atoms with Crippen molar-refractivity contribution in [2.75, 3.05) is 0 Å². The molecule has 0 aliphatic carbocycles. The monoisotopic (exact) mass is 296 g/mol. The van der Waals surface area contributed by atoms with Crippen molar-refractivity contribution in [1.82, 2.24) is 19.7 Å². The maximum atomic E-state index is 13.1. The minimum atomic E-state index is -2.86. The lowest BCUT2D eigenvalue weighted by Gasteiger charge is -2.09. The summed E-state index contributed by atoms with van der Waals surface area (Å²) in [5, 5.41) is 5.93. The van der Waals surface area contributed by atoms with Gasteiger partial charge in [-0.15, -0.1) is 0 Å². The smallest absolute Gasteiger partial charge is 0.267 e. The molecule has 3 rings (SSSR count). The molecule has 0 spiro atoms. The maximum Gasteiger partial charge on any atom is 0.267 e. The second-order valence-electron chi connectivity index (χ2n) is 4.02. The van der Waals surface area contributed by atoms with Gasteiger partial charge in [0.25, 0.3) is 12.0 Å². The van der Waals surface area contributed by atoms with Gasteiger partial charge in [0.05, 0.1) is 27.7 Å². The first-order chi connectivity index (χ1) is 9.59. The van der Waals surface area contributed by atoms with Crippen molar-refractivity contribution in [2.45, 2.75) is 6.43 Å². The molecule has 1 N–H and O–H groups in total. The van der Waals surface area contributed by atoms with Gasteiger partial charge in [0.2, 0.25) is 0 Å². The van der Waals surface area contributed by atoms with Crippen molar-refractivity contribution < 1.29 is 8.78 Å². The van der Waals surface area contributed by atoms with E-state index in [9.17, 15) is 13.6 Å². The van der Waals surface area contributed by atoms with Crippen LogP contribution in [-0.4, -0.2) is 19.7 Å². The molecular formula is C12H7ClF2N4O. The fourth-order valence-electron chi connectivity index (χ4n) is 1.98. The van der Waals surface area contributed by atoms with Crippen molar-refractivity contribution in [3.8, 4) is 5.82 Å². The van der Waals surface area contributed by atoms with Crippen molar-refractivity contribution in [2.24, 2.45) is 0 Å². The van der Waals surface area contributed by atoms with Crippen LogP contribution in [0.25, 0.3) is 16.7 Å². The quantitative estimate of drug-likeness (QED) is 0.791. The van der Waals surface area contributed by atoms with Crippen LogP contribution in [0.2, 0.25) is 5.02 Å². The summed E-state index contributed by atoms with van der Waals surface area (Å²) in [5.74, 6) is 0.338. The SMILES string of the molecule is O=c1c2c(C(F)F)c(Cl)ccc2ncn1-c1ccn[nH]1. The van der Waals surface area contributed by atoms with Gasteiger partial charge < -0.3 is 0 Å². The Morgan fingerprint density at radius 2 is 2.10 bits per heavy atom. The third-order valence-corrected chi connectivity index (χ3v) is 3.21. The van der Waals surface area contributed by atoms with Crippen LogP contribution in [0, 0.1) is 0 Å². The summed E-state index contributed by atoms with van der Waals surface area (Å²) in [6.45, 7) is 0. The molecular weight excluding hydrogens is 290 g/mol. The molecule has 0 amide bonds. The summed E-state index contributed by atoms with van der Waals surface area (Å²) >= 11 is 5.77. The Morgan fingerprint density at radius 1 is 1.30 bits per heavy atom. The second-order valence-corrected chi connectivity index (χ2v) is 4.42. The Bertz CT molecular complexity index is 829. The molecule has 0 unspecified atom stereocenters. The molecule has 0 aliphatic heterocycles. The molecule has 0 aliphatic rings. The molecule has 0 bridgehead atoms. The fraction of sp³-hybridized carbons (Fsp3) is 0.0833. The van der Waals surface area contributed by atoms with Crippen molar-refractivity contribution >= 4 is 22.5 Å². The van der Waals surface area contributed by atoms with E-state index in [0.717, 1.165) is 4.57 Å². The third kappa shape index (κ3) is 1.87. The van der Waals surface area contributed by atoms with E-state index in [1.165, 1.54) is 30.7 Å². The summed E-state index contributed by atoms with van der Waals surface area (Å²) in [4.78, 5) is 16.4. The Morgan fingerprint density at radius 3 is 2.75 bits per heavy atom. The number of nitrogens with one attached hydrogen (secondary N) is 1. The highest BCUT2D eigenvalue weighted by molar-refractivity contribution is 6.32. The van der Waals surface area contributed by atoms with Gasteiger partial charge in [0.15, 0.2) is 0 Å². The summed E-state index contributed by atoms with van der Waals surface area (Å²) in [7, 11) is 0. The molecule has 3 aromatic rings. The molecule has 0 atom stereocenters. The number of aromatic amines is 1. The Kier molecular flexibility index (Phi) is 2.98. The Hall–Kier alpha value is -2.28. The van der Waals surface area contributed by atoms with E-state index in [1.54, 1.807) is 0 Å². The highest BCUT2D eigenvalue weighted by Crippen LogP contribution is 2.31. The molecule has 1 aromatic carbocycles. The maximum absolute atomic E-state index is 13.1. The van der Waals surface area contributed by atoms with Crippen LogP contribution in [0.4, 0.5) is 8.78 Å². The normalized spacial score (nSPS) is 11.4. The van der Waals surface area contributed by atoms with Crippen LogP contribution >= 0.6 is 11.6 Å². The van der Waals surface area contributed by atoms with E-state index in [1.807, 2.05) is 0 Å². The number of alkyl halides is 2. The van der Waals surface area contributed by atoms with Crippen LogP contribution in [0.5, 0.6) is 0 Å². The molecule has 0 saturated carbocycles. The summed E-state index contributed by atoms with van der Waals surface area (Å²) in [6.07, 6.45) is -0.169. The highest BCUT2D eigenvalue weighted by atomic mass is 35.5. The third-order valence-electron chi connectivity index (χ3n) is 2.88. The number of aromatic nitrogens is 4. The first-order valence-electron chi connectivity index (χ1n) is 5.57. The van der Waals surface area contributed by atoms with E-state index >= 15 is 0 Å².